The molecular weight excluding hydrogens is 732 g/mol. The number of aryl methyl sites for hydroxylation is 1. The van der Waals surface area contributed by atoms with Gasteiger partial charge in [-0.2, -0.15) is 0 Å². The number of oxime groups is 1. The van der Waals surface area contributed by atoms with Crippen molar-refractivity contribution in [2.45, 2.75) is 91.5 Å². The fourth-order valence-corrected chi connectivity index (χ4v) is 4.64. The lowest BCUT2D eigenvalue weighted by Crippen LogP contribution is -2.35. The fourth-order valence-electron chi connectivity index (χ4n) is 4.52. The molecule has 0 fully saturated rings. The van der Waals surface area contributed by atoms with Gasteiger partial charge in [-0.15, -0.1) is 0 Å². The number of benzene rings is 2. The molecule has 272 valence electrons. The van der Waals surface area contributed by atoms with Crippen LogP contribution in [0.3, 0.4) is 0 Å². The van der Waals surface area contributed by atoms with Crippen LogP contribution in [0.25, 0.3) is 11.3 Å². The van der Waals surface area contributed by atoms with Crippen LogP contribution >= 0.6 is 27.5 Å². The highest BCUT2D eigenvalue weighted by atomic mass is 79.9. The Hall–Kier alpha value is -4.23. The third-order valence-electron chi connectivity index (χ3n) is 6.88. The lowest BCUT2D eigenvalue weighted by atomic mass is 10.0. The standard InChI is InChI=1S/C18H22N2O4.C14H17ClN2O4.C4H7Br/c1-5-12-9-14(20-24-12)11-6-7-13-15(10-22-16(13)8-11)19-17(21)23-18(2,3)4;1-14(2,3)21-13(18)16-10-7-20-11-6-8(12(15)17-19)4-5-9(10)11;1-3-4(2)5/h6-9,15H,5,10H2,1-4H3,(H,19,21);4-6,10,19H,7H2,1-3H3,(H,16,18);2-3H2,1H3/b;17-12-;/t15-;10-;/m11./s1. The average molecular weight is 778 g/mol. The number of halogens is 2. The van der Waals surface area contributed by atoms with Gasteiger partial charge in [0, 0.05) is 34.7 Å². The number of aromatic nitrogens is 1. The van der Waals surface area contributed by atoms with Gasteiger partial charge in [0.05, 0.1) is 12.1 Å². The molecule has 14 heteroatoms. The number of nitrogens with one attached hydrogen (secondary N) is 2. The van der Waals surface area contributed by atoms with E-state index in [1.807, 2.05) is 52.0 Å². The maximum absolute atomic E-state index is 11.9. The Balaban J connectivity index is 0.000000240. The van der Waals surface area contributed by atoms with E-state index in [4.69, 9.17) is 40.3 Å². The minimum absolute atomic E-state index is 0.0232. The van der Waals surface area contributed by atoms with Crippen molar-refractivity contribution >= 4 is 44.9 Å². The summed E-state index contributed by atoms with van der Waals surface area (Å²) in [5.74, 6) is 2.18. The minimum Gasteiger partial charge on any atom is -0.491 e. The zero-order chi connectivity index (χ0) is 37.2. The summed E-state index contributed by atoms with van der Waals surface area (Å²) in [4.78, 5) is 23.7. The lowest BCUT2D eigenvalue weighted by molar-refractivity contribution is 0.0485. The van der Waals surface area contributed by atoms with Gasteiger partial charge in [0.15, 0.2) is 5.17 Å². The predicted octanol–water partition coefficient (Wildman–Crippen LogP) is 9.19. The van der Waals surface area contributed by atoms with Gasteiger partial charge in [0.1, 0.15) is 47.4 Å². The molecule has 5 rings (SSSR count). The molecule has 2 aliphatic heterocycles. The summed E-state index contributed by atoms with van der Waals surface area (Å²) in [6.45, 7) is 19.3. The quantitative estimate of drug-likeness (QED) is 0.126. The second kappa shape index (κ2) is 17.6. The number of carbonyl (C=O) groups excluding carboxylic acids is 2. The van der Waals surface area contributed by atoms with Gasteiger partial charge in [-0.25, -0.2) is 9.59 Å². The van der Waals surface area contributed by atoms with E-state index in [0.29, 0.717) is 24.5 Å². The highest BCUT2D eigenvalue weighted by Crippen LogP contribution is 2.36. The highest BCUT2D eigenvalue weighted by molar-refractivity contribution is 9.11. The van der Waals surface area contributed by atoms with Crippen molar-refractivity contribution in [1.29, 1.82) is 0 Å². The molecule has 1 aromatic heterocycles. The van der Waals surface area contributed by atoms with Crippen molar-refractivity contribution in [2.75, 3.05) is 13.2 Å². The second-order valence-electron chi connectivity index (χ2n) is 13.3. The van der Waals surface area contributed by atoms with Crippen molar-refractivity contribution in [2.24, 2.45) is 5.16 Å². The number of allylic oxidation sites excluding steroid dienone is 1. The molecule has 3 heterocycles. The lowest BCUT2D eigenvalue weighted by Gasteiger charge is -2.21. The molecule has 0 radical (unpaired) electrons. The SMILES string of the molecule is C=C(Br)CC.CC(C)(C)OC(=O)N[C@@H]1COc2cc(/C(Cl)=N/O)ccc21.CCc1cc(-c2ccc3c(c2)OC[C@H]3NC(=O)OC(C)(C)C)no1. The van der Waals surface area contributed by atoms with Crippen LogP contribution in [0.1, 0.15) is 96.3 Å². The van der Waals surface area contributed by atoms with Crippen LogP contribution in [-0.4, -0.2) is 52.1 Å². The van der Waals surface area contributed by atoms with Crippen LogP contribution in [-0.2, 0) is 15.9 Å². The Kier molecular flexibility index (Phi) is 14.2. The Morgan fingerprint density at radius 2 is 1.44 bits per heavy atom. The molecular formula is C36H46BrClN4O8. The van der Waals surface area contributed by atoms with Crippen LogP contribution in [0.5, 0.6) is 11.5 Å². The Labute approximate surface area is 306 Å². The Bertz CT molecular complexity index is 1680. The first-order chi connectivity index (χ1) is 23.4. The molecule has 2 amide bonds. The van der Waals surface area contributed by atoms with Crippen molar-refractivity contribution in [3.05, 3.63) is 76.0 Å². The number of hydrogen-bond donors (Lipinski definition) is 3. The number of hydrogen-bond acceptors (Lipinski definition) is 10. The summed E-state index contributed by atoms with van der Waals surface area (Å²) in [7, 11) is 0. The summed E-state index contributed by atoms with van der Waals surface area (Å²) in [6, 6.07) is 12.4. The van der Waals surface area contributed by atoms with Gasteiger partial charge in [0.2, 0.25) is 0 Å². The Morgan fingerprint density at radius 3 is 1.88 bits per heavy atom. The fraction of sp³-hybridized carbons (Fsp3) is 0.444. The predicted molar refractivity (Wildman–Crippen MR) is 196 cm³/mol. The van der Waals surface area contributed by atoms with Crippen LogP contribution in [0.2, 0.25) is 0 Å². The molecule has 3 aromatic rings. The van der Waals surface area contributed by atoms with Gasteiger partial charge < -0.3 is 39.3 Å². The zero-order valence-corrected chi connectivity index (χ0v) is 32.0. The van der Waals surface area contributed by atoms with E-state index < -0.39 is 23.4 Å². The van der Waals surface area contributed by atoms with Gasteiger partial charge in [-0.1, -0.05) is 82.5 Å². The molecule has 2 atom stereocenters. The van der Waals surface area contributed by atoms with E-state index in [-0.39, 0.29) is 17.3 Å². The maximum atomic E-state index is 11.9. The second-order valence-corrected chi connectivity index (χ2v) is 14.8. The summed E-state index contributed by atoms with van der Waals surface area (Å²) < 4.78 is 28.0. The largest absolute Gasteiger partial charge is 0.491 e. The van der Waals surface area contributed by atoms with Gasteiger partial charge >= 0.3 is 12.2 Å². The van der Waals surface area contributed by atoms with E-state index in [1.54, 1.807) is 39.0 Å². The molecule has 12 nitrogen and oxygen atoms in total. The molecule has 0 saturated carbocycles. The number of carbonyl (C=O) groups is 2. The van der Waals surface area contributed by atoms with Crippen LogP contribution in [0, 0.1) is 0 Å². The molecule has 2 aliphatic rings. The maximum Gasteiger partial charge on any atom is 0.408 e. The molecule has 0 saturated heterocycles. The van der Waals surface area contributed by atoms with Crippen LogP contribution in [0.15, 0.2) is 63.2 Å². The molecule has 0 bridgehead atoms. The normalized spacial score (nSPS) is 16.2. The first-order valence-corrected chi connectivity index (χ1v) is 17.3. The van der Waals surface area contributed by atoms with Crippen LogP contribution in [0.4, 0.5) is 9.59 Å². The molecule has 0 spiro atoms. The van der Waals surface area contributed by atoms with Crippen molar-refractivity contribution in [3.8, 4) is 22.8 Å². The van der Waals surface area contributed by atoms with E-state index in [1.165, 1.54) is 0 Å². The van der Waals surface area contributed by atoms with Gasteiger partial charge in [0.25, 0.3) is 0 Å². The van der Waals surface area contributed by atoms with E-state index in [9.17, 15) is 9.59 Å². The van der Waals surface area contributed by atoms with E-state index >= 15 is 0 Å². The number of fused-ring (bicyclic) bond motifs is 2. The first-order valence-electron chi connectivity index (χ1n) is 16.1. The van der Waals surface area contributed by atoms with Crippen molar-refractivity contribution in [1.82, 2.24) is 15.8 Å². The highest BCUT2D eigenvalue weighted by Gasteiger charge is 2.29. The summed E-state index contributed by atoms with van der Waals surface area (Å²) >= 11 is 8.92. The summed E-state index contributed by atoms with van der Waals surface area (Å²) in [5, 5.41) is 21.2. The monoisotopic (exact) mass is 776 g/mol. The number of rotatable bonds is 6. The van der Waals surface area contributed by atoms with Crippen molar-refractivity contribution in [3.63, 3.8) is 0 Å². The number of amides is 2. The smallest absolute Gasteiger partial charge is 0.408 e. The molecule has 0 unspecified atom stereocenters. The third-order valence-corrected chi connectivity index (χ3v) is 7.74. The number of ether oxygens (including phenoxy) is 4. The molecule has 2 aromatic carbocycles. The third kappa shape index (κ3) is 12.3. The molecule has 50 heavy (non-hydrogen) atoms. The van der Waals surface area contributed by atoms with Gasteiger partial charge in [-0.05, 0) is 64.6 Å². The zero-order valence-electron chi connectivity index (χ0n) is 29.7. The van der Waals surface area contributed by atoms with Crippen molar-refractivity contribution < 1.29 is 38.3 Å². The topological polar surface area (TPSA) is 154 Å². The Morgan fingerprint density at radius 1 is 0.940 bits per heavy atom. The number of nitrogens with zero attached hydrogens (tertiary/aromatic N) is 2. The van der Waals surface area contributed by atoms with Crippen LogP contribution < -0.4 is 20.1 Å². The molecule has 0 aliphatic carbocycles. The van der Waals surface area contributed by atoms with Gasteiger partial charge in [-0.3, -0.25) is 0 Å². The minimum atomic E-state index is -0.554. The van der Waals surface area contributed by atoms with E-state index in [0.717, 1.165) is 51.2 Å². The molecule has 3 N–H and O–H groups in total. The average Bonchev–Trinajstić information content (AvgIpc) is 3.78. The number of alkyl carbamates (subject to hydrolysis) is 2. The first kappa shape index (κ1) is 40.2. The summed E-state index contributed by atoms with van der Waals surface area (Å²) in [6.07, 6.45) is 0.885. The summed E-state index contributed by atoms with van der Waals surface area (Å²) in [5.41, 5.74) is 2.92. The van der Waals surface area contributed by atoms with E-state index in [2.05, 4.69) is 50.4 Å².